The molecule has 4 fully saturated rings. The molecule has 2 aliphatic carbocycles. The van der Waals surface area contributed by atoms with Crippen LogP contribution in [0.3, 0.4) is 0 Å². The maximum Gasteiger partial charge on any atom is 0.283 e. The molecule has 1 aromatic carbocycles. The van der Waals surface area contributed by atoms with Crippen LogP contribution in [-0.4, -0.2) is 66.2 Å². The Bertz CT molecular complexity index is 1600. The van der Waals surface area contributed by atoms with Gasteiger partial charge >= 0.3 is 0 Å². The van der Waals surface area contributed by atoms with Crippen molar-refractivity contribution in [2.75, 3.05) is 24.7 Å². The van der Waals surface area contributed by atoms with Gasteiger partial charge in [0.2, 0.25) is 10.0 Å². The molecule has 0 radical (unpaired) electrons. The number of anilines is 1. The summed E-state index contributed by atoms with van der Waals surface area (Å²) in [7, 11) is -3.78. The van der Waals surface area contributed by atoms with Gasteiger partial charge in [0.15, 0.2) is 0 Å². The Labute approximate surface area is 260 Å². The van der Waals surface area contributed by atoms with Crippen LogP contribution in [0.25, 0.3) is 5.69 Å². The van der Waals surface area contributed by atoms with Gasteiger partial charge in [0.05, 0.1) is 51.8 Å². The van der Waals surface area contributed by atoms with Crippen LogP contribution in [0.5, 0.6) is 0 Å². The fourth-order valence-electron chi connectivity index (χ4n) is 6.70. The number of pyridine rings is 1. The number of nitrogens with one attached hydrogen (secondary N) is 1. The molecule has 13 heteroatoms. The monoisotopic (exact) mass is 645 g/mol. The van der Waals surface area contributed by atoms with E-state index < -0.39 is 21.2 Å². The fraction of sp³-hybridized carbons (Fsp3) is 0.500. The molecule has 3 atom stereocenters. The lowest BCUT2D eigenvalue weighted by molar-refractivity contribution is 0.00992. The van der Waals surface area contributed by atoms with Crippen molar-refractivity contribution in [3.63, 3.8) is 0 Å². The first-order chi connectivity index (χ1) is 20.8. The Kier molecular flexibility index (Phi) is 7.88. The van der Waals surface area contributed by atoms with Gasteiger partial charge in [-0.05, 0) is 74.3 Å². The Morgan fingerprint density at radius 3 is 2.47 bits per heavy atom. The number of carbonyl (C=O) groups excluding carboxylic acids is 1. The van der Waals surface area contributed by atoms with E-state index in [0.717, 1.165) is 43.6 Å². The standard InChI is InChI=1S/C30H33Cl2N5O5S/c31-24-2-1-3-25(32)29(24)37-27(23(15-34-37)18-4-5-18)17-42-28-13-21-12-19(28)16-36(21)20-6-7-26(33-14-20)30(38)35-43(39,40)22-8-10-41-11-9-22/h1-3,6-7,14-15,18-19,21-22,28H,4-5,8-13,16-17H2,(H,35,38)/t19-,21-,28+/m0/s1. The van der Waals surface area contributed by atoms with Crippen LogP contribution in [0, 0.1) is 5.92 Å². The van der Waals surface area contributed by atoms with Gasteiger partial charge in [-0.1, -0.05) is 29.3 Å². The summed E-state index contributed by atoms with van der Waals surface area (Å²) in [5.74, 6) is 0.156. The maximum absolute atomic E-state index is 12.7. The Morgan fingerprint density at radius 2 is 1.81 bits per heavy atom. The van der Waals surface area contributed by atoms with Gasteiger partial charge in [0.1, 0.15) is 11.4 Å². The molecule has 0 unspecified atom stereocenters. The number of piperidine rings is 1. The van der Waals surface area contributed by atoms with Crippen LogP contribution in [0.1, 0.15) is 66.2 Å². The van der Waals surface area contributed by atoms with E-state index in [4.69, 9.17) is 32.7 Å². The number of para-hydroxylation sites is 1. The molecule has 0 spiro atoms. The number of hydrogen-bond donors (Lipinski definition) is 1. The zero-order chi connectivity index (χ0) is 29.7. The third-order valence-electron chi connectivity index (χ3n) is 9.13. The highest BCUT2D eigenvalue weighted by molar-refractivity contribution is 7.90. The molecule has 2 saturated carbocycles. The molecule has 10 nitrogen and oxygen atoms in total. The summed E-state index contributed by atoms with van der Waals surface area (Å²) < 4.78 is 41.1. The quantitative estimate of drug-likeness (QED) is 0.350. The van der Waals surface area contributed by atoms with Crippen molar-refractivity contribution in [3.05, 3.63) is 69.7 Å². The second-order valence-electron chi connectivity index (χ2n) is 11.9. The number of halogens is 2. The van der Waals surface area contributed by atoms with E-state index in [1.807, 2.05) is 35.1 Å². The minimum absolute atomic E-state index is 0.0756. The number of rotatable bonds is 9. The lowest BCUT2D eigenvalue weighted by Crippen LogP contribution is -2.41. The minimum Gasteiger partial charge on any atom is -0.381 e. The van der Waals surface area contributed by atoms with Crippen molar-refractivity contribution in [2.24, 2.45) is 5.92 Å². The van der Waals surface area contributed by atoms with Crippen LogP contribution in [0.2, 0.25) is 10.0 Å². The first-order valence-electron chi connectivity index (χ1n) is 14.8. The number of benzene rings is 1. The van der Waals surface area contributed by atoms with E-state index in [1.54, 1.807) is 12.3 Å². The van der Waals surface area contributed by atoms with Gasteiger partial charge < -0.3 is 14.4 Å². The molecule has 2 aromatic heterocycles. The van der Waals surface area contributed by atoms with Gasteiger partial charge in [-0.2, -0.15) is 5.10 Å². The molecule has 1 N–H and O–H groups in total. The van der Waals surface area contributed by atoms with Crippen molar-refractivity contribution in [1.29, 1.82) is 0 Å². The third-order valence-corrected chi connectivity index (χ3v) is 11.6. The summed E-state index contributed by atoms with van der Waals surface area (Å²) in [5, 5.41) is 5.13. The lowest BCUT2D eigenvalue weighted by Gasteiger charge is -2.33. The van der Waals surface area contributed by atoms with Crippen LogP contribution in [0.15, 0.2) is 42.7 Å². The molecule has 4 heterocycles. The molecule has 2 saturated heterocycles. The molecular weight excluding hydrogens is 613 g/mol. The summed E-state index contributed by atoms with van der Waals surface area (Å²) in [5.41, 5.74) is 3.88. The van der Waals surface area contributed by atoms with Crippen molar-refractivity contribution in [3.8, 4) is 5.69 Å². The number of nitrogens with zero attached hydrogens (tertiary/aromatic N) is 4. The van der Waals surface area contributed by atoms with Gasteiger partial charge in [-0.15, -0.1) is 0 Å². The van der Waals surface area contributed by atoms with Gasteiger partial charge in [0, 0.05) is 31.7 Å². The average Bonchev–Trinajstić information content (AvgIpc) is 3.45. The van der Waals surface area contributed by atoms with E-state index in [-0.39, 0.29) is 11.8 Å². The largest absolute Gasteiger partial charge is 0.381 e. The lowest BCUT2D eigenvalue weighted by atomic mass is 10.1. The topological polar surface area (TPSA) is 116 Å². The normalized spacial score (nSPS) is 24.0. The number of carbonyl (C=O) groups is 1. The Balaban J connectivity index is 0.986. The number of sulfonamides is 1. The predicted molar refractivity (Wildman–Crippen MR) is 162 cm³/mol. The summed E-state index contributed by atoms with van der Waals surface area (Å²) in [6.07, 6.45) is 8.65. The number of fused-ring (bicyclic) bond motifs is 2. The SMILES string of the molecule is O=C(NS(=O)(=O)C1CCOCC1)c1ccc(N2C[C@@H]3C[C@H]2C[C@H]3OCc2c(C3CC3)cnn2-c2c(Cl)cccc2Cl)cn1. The van der Waals surface area contributed by atoms with E-state index >= 15 is 0 Å². The highest BCUT2D eigenvalue weighted by atomic mass is 35.5. The van der Waals surface area contributed by atoms with E-state index in [0.29, 0.717) is 66.3 Å². The number of aromatic nitrogens is 3. The number of ether oxygens (including phenoxy) is 2. The molecule has 228 valence electrons. The van der Waals surface area contributed by atoms with Crippen LogP contribution >= 0.6 is 23.2 Å². The molecule has 3 aromatic rings. The van der Waals surface area contributed by atoms with E-state index in [9.17, 15) is 13.2 Å². The molecule has 7 rings (SSSR count). The summed E-state index contributed by atoms with van der Waals surface area (Å²) in [6.45, 7) is 2.01. The first kappa shape index (κ1) is 29.0. The van der Waals surface area contributed by atoms with Crippen molar-refractivity contribution >= 4 is 44.8 Å². The highest BCUT2D eigenvalue weighted by Gasteiger charge is 2.45. The maximum atomic E-state index is 12.7. The Morgan fingerprint density at radius 1 is 1.05 bits per heavy atom. The average molecular weight is 647 g/mol. The van der Waals surface area contributed by atoms with Gasteiger partial charge in [-0.3, -0.25) is 4.79 Å². The second kappa shape index (κ2) is 11.7. The number of hydrogen-bond acceptors (Lipinski definition) is 8. The molecule has 2 aliphatic heterocycles. The van der Waals surface area contributed by atoms with Crippen molar-refractivity contribution in [2.45, 2.75) is 68.4 Å². The van der Waals surface area contributed by atoms with Crippen LogP contribution in [-0.2, 0) is 26.1 Å². The third kappa shape index (κ3) is 5.78. The van der Waals surface area contributed by atoms with Crippen LogP contribution < -0.4 is 9.62 Å². The highest BCUT2D eigenvalue weighted by Crippen LogP contribution is 2.45. The zero-order valence-electron chi connectivity index (χ0n) is 23.5. The molecule has 4 aliphatic rings. The minimum atomic E-state index is -3.78. The summed E-state index contributed by atoms with van der Waals surface area (Å²) >= 11 is 13.1. The summed E-state index contributed by atoms with van der Waals surface area (Å²) in [6, 6.07) is 9.19. The molecule has 1 amide bonds. The summed E-state index contributed by atoms with van der Waals surface area (Å²) in [4.78, 5) is 19.3. The first-order valence-corrected chi connectivity index (χ1v) is 17.1. The predicted octanol–water partition coefficient (Wildman–Crippen LogP) is 4.87. The smallest absolute Gasteiger partial charge is 0.283 e. The molecular formula is C30H33Cl2N5O5S. The molecule has 43 heavy (non-hydrogen) atoms. The van der Waals surface area contributed by atoms with Crippen LogP contribution in [0.4, 0.5) is 5.69 Å². The zero-order valence-corrected chi connectivity index (χ0v) is 25.8. The fourth-order valence-corrected chi connectivity index (χ4v) is 8.60. The van der Waals surface area contributed by atoms with Gasteiger partial charge in [0.25, 0.3) is 5.91 Å². The Hall–Kier alpha value is -2.70. The van der Waals surface area contributed by atoms with Crippen molar-refractivity contribution < 1.29 is 22.7 Å². The molecule has 2 bridgehead atoms. The van der Waals surface area contributed by atoms with E-state index in [2.05, 4.69) is 19.7 Å². The van der Waals surface area contributed by atoms with Gasteiger partial charge in [-0.25, -0.2) is 22.8 Å². The van der Waals surface area contributed by atoms with Crippen molar-refractivity contribution in [1.82, 2.24) is 19.5 Å². The second-order valence-corrected chi connectivity index (χ2v) is 14.7. The van der Waals surface area contributed by atoms with E-state index in [1.165, 1.54) is 5.56 Å². The number of amides is 1.